The lowest BCUT2D eigenvalue weighted by Crippen LogP contribution is -2.08. The molecule has 7 heteroatoms. The fourth-order valence-corrected chi connectivity index (χ4v) is 1.99. The van der Waals surface area contributed by atoms with Gasteiger partial charge in [0.15, 0.2) is 0 Å². The van der Waals surface area contributed by atoms with Gasteiger partial charge >= 0.3 is 10.2 Å². The summed E-state index contributed by atoms with van der Waals surface area (Å²) >= 11 is 0. The van der Waals surface area contributed by atoms with E-state index in [4.69, 9.17) is 5.73 Å². The van der Waals surface area contributed by atoms with Gasteiger partial charge in [0.2, 0.25) is 0 Å². The van der Waals surface area contributed by atoms with Crippen molar-refractivity contribution in [2.75, 3.05) is 5.73 Å². The monoisotopic (exact) mass is 291 g/mol. The molecule has 0 spiro atoms. The van der Waals surface area contributed by atoms with Crippen LogP contribution in [0, 0.1) is 0 Å². The molecule has 1 aromatic rings. The molecule has 1 nitrogen and oxygen atoms in total. The van der Waals surface area contributed by atoms with E-state index in [-0.39, 0.29) is 11.6 Å². The first-order valence-corrected chi connectivity index (χ1v) is 7.40. The van der Waals surface area contributed by atoms with Gasteiger partial charge in [-0.25, -0.2) is 0 Å². The molecule has 0 bridgehead atoms. The molecule has 0 aliphatic rings. The summed E-state index contributed by atoms with van der Waals surface area (Å²) in [5.41, 5.74) is 5.48. The average Bonchev–Trinajstić information content (AvgIpc) is 2.16. The highest BCUT2D eigenvalue weighted by Gasteiger charge is 2.65. The van der Waals surface area contributed by atoms with Crippen molar-refractivity contribution < 1.29 is 19.4 Å². The molecule has 108 valence electrons. The molecule has 0 radical (unpaired) electrons. The molecule has 0 fully saturated rings. The maximum atomic E-state index is 12.4. The summed E-state index contributed by atoms with van der Waals surface area (Å²) in [7, 11) is -9.60. The summed E-state index contributed by atoms with van der Waals surface area (Å²) in [5.74, 6) is -0.118. The van der Waals surface area contributed by atoms with E-state index in [1.54, 1.807) is 13.8 Å². The molecule has 1 rings (SSSR count). The number of hydrogen-bond acceptors (Lipinski definition) is 1. The van der Waals surface area contributed by atoms with Crippen molar-refractivity contribution in [3.05, 3.63) is 23.8 Å². The lowest BCUT2D eigenvalue weighted by Gasteiger charge is -2.40. The Morgan fingerprint density at radius 3 is 1.72 bits per heavy atom. The van der Waals surface area contributed by atoms with E-state index < -0.39 is 15.1 Å². The minimum Gasteiger partial charge on any atom is -0.398 e. The van der Waals surface area contributed by atoms with E-state index in [1.165, 1.54) is 0 Å². The van der Waals surface area contributed by atoms with Crippen LogP contribution in [0.3, 0.4) is 0 Å². The standard InChI is InChI=1S/C9H12F5NS.C2H6/c1-6(2)8-4-3-7(5-9(8)15)16(10,11,12,13)14;1-2/h3-6H,15H2,1-2H3;1-2H3. The van der Waals surface area contributed by atoms with Crippen LogP contribution in [0.5, 0.6) is 0 Å². The first-order valence-electron chi connectivity index (χ1n) is 5.45. The van der Waals surface area contributed by atoms with Gasteiger partial charge in [0, 0.05) is 5.69 Å². The van der Waals surface area contributed by atoms with Crippen LogP contribution < -0.4 is 5.73 Å². The summed E-state index contributed by atoms with van der Waals surface area (Å²) < 4.78 is 62.0. The van der Waals surface area contributed by atoms with Gasteiger partial charge in [-0.2, -0.15) is 0 Å². The van der Waals surface area contributed by atoms with Crippen LogP contribution in [-0.4, -0.2) is 0 Å². The van der Waals surface area contributed by atoms with Gasteiger partial charge < -0.3 is 5.73 Å². The Morgan fingerprint density at radius 1 is 1.00 bits per heavy atom. The zero-order chi connectivity index (χ0) is 14.8. The van der Waals surface area contributed by atoms with Gasteiger partial charge in [0.1, 0.15) is 4.90 Å². The summed E-state index contributed by atoms with van der Waals surface area (Å²) in [6, 6.07) is 1.68. The van der Waals surface area contributed by atoms with Crippen molar-refractivity contribution in [1.29, 1.82) is 0 Å². The van der Waals surface area contributed by atoms with Gasteiger partial charge in [-0.3, -0.25) is 0 Å². The van der Waals surface area contributed by atoms with Crippen LogP contribution in [0.2, 0.25) is 0 Å². The Morgan fingerprint density at radius 2 is 1.44 bits per heavy atom. The Kier molecular flexibility index (Phi) is 4.06. The Labute approximate surface area is 104 Å². The number of nitrogen functional groups attached to an aromatic ring is 1. The summed E-state index contributed by atoms with van der Waals surface area (Å²) in [5, 5.41) is 0. The molecule has 0 aliphatic heterocycles. The number of hydrogen-bond donors (Lipinski definition) is 1. The number of rotatable bonds is 2. The van der Waals surface area contributed by atoms with Crippen molar-refractivity contribution in [2.45, 2.75) is 38.5 Å². The predicted octanol–water partition coefficient (Wildman–Crippen LogP) is 6.08. The van der Waals surface area contributed by atoms with Crippen LogP contribution in [0.15, 0.2) is 23.1 Å². The van der Waals surface area contributed by atoms with Gasteiger partial charge in [-0.05, 0) is 23.6 Å². The van der Waals surface area contributed by atoms with E-state index in [2.05, 4.69) is 0 Å². The molecular weight excluding hydrogens is 273 g/mol. The van der Waals surface area contributed by atoms with Gasteiger partial charge in [-0.1, -0.05) is 53.2 Å². The first kappa shape index (κ1) is 17.0. The van der Waals surface area contributed by atoms with E-state index in [0.717, 1.165) is 6.07 Å². The average molecular weight is 291 g/mol. The molecule has 18 heavy (non-hydrogen) atoms. The number of nitrogens with two attached hydrogens (primary N) is 1. The molecule has 0 heterocycles. The second-order valence-corrected chi connectivity index (χ2v) is 6.32. The fraction of sp³-hybridized carbons (Fsp3) is 0.455. The van der Waals surface area contributed by atoms with Crippen LogP contribution in [0.1, 0.15) is 39.2 Å². The quantitative estimate of drug-likeness (QED) is 0.519. The van der Waals surface area contributed by atoms with Crippen LogP contribution >= 0.6 is 10.2 Å². The Hall–Kier alpha value is -0.980. The maximum absolute atomic E-state index is 12.4. The van der Waals surface area contributed by atoms with Crippen molar-refractivity contribution in [2.24, 2.45) is 0 Å². The SMILES string of the molecule is CC.CC(C)c1ccc(S(F)(F)(F)(F)F)cc1N. The highest BCUT2D eigenvalue weighted by atomic mass is 32.5. The molecule has 0 amide bonds. The van der Waals surface area contributed by atoms with Crippen molar-refractivity contribution in [3.63, 3.8) is 0 Å². The third-order valence-corrected chi connectivity index (χ3v) is 3.27. The fourth-order valence-electron chi connectivity index (χ4n) is 1.32. The van der Waals surface area contributed by atoms with E-state index >= 15 is 0 Å². The van der Waals surface area contributed by atoms with E-state index in [1.807, 2.05) is 13.8 Å². The Balaban J connectivity index is 0.00000137. The summed E-state index contributed by atoms with van der Waals surface area (Å²) in [6.45, 7) is 7.43. The van der Waals surface area contributed by atoms with Crippen molar-refractivity contribution in [1.82, 2.24) is 0 Å². The number of benzene rings is 1. The third kappa shape index (κ3) is 4.36. The Bertz CT molecular complexity index is 424. The molecule has 0 unspecified atom stereocenters. The number of anilines is 1. The molecular formula is C11H18F5NS. The molecule has 0 saturated heterocycles. The highest BCUT2D eigenvalue weighted by Crippen LogP contribution is 3.02. The van der Waals surface area contributed by atoms with Crippen molar-refractivity contribution in [3.8, 4) is 0 Å². The minimum absolute atomic E-state index is 0.118. The molecule has 2 N–H and O–H groups in total. The van der Waals surface area contributed by atoms with Gasteiger partial charge in [0.25, 0.3) is 0 Å². The molecule has 0 aliphatic carbocycles. The summed E-state index contributed by atoms with van der Waals surface area (Å²) in [6.07, 6.45) is 0. The second-order valence-electron chi connectivity index (χ2n) is 3.91. The molecule has 0 atom stereocenters. The van der Waals surface area contributed by atoms with Gasteiger partial charge in [0.05, 0.1) is 0 Å². The third-order valence-electron chi connectivity index (χ3n) is 2.13. The van der Waals surface area contributed by atoms with Crippen LogP contribution in [0.4, 0.5) is 25.1 Å². The maximum Gasteiger partial charge on any atom is 0.310 e. The highest BCUT2D eigenvalue weighted by molar-refractivity contribution is 8.45. The largest absolute Gasteiger partial charge is 0.398 e. The van der Waals surface area contributed by atoms with Gasteiger partial charge in [-0.15, -0.1) is 0 Å². The second kappa shape index (κ2) is 4.29. The predicted molar refractivity (Wildman–Crippen MR) is 67.7 cm³/mol. The topological polar surface area (TPSA) is 26.0 Å². The molecule has 0 aromatic heterocycles. The smallest absolute Gasteiger partial charge is 0.310 e. The molecule has 1 aromatic carbocycles. The lowest BCUT2D eigenvalue weighted by molar-refractivity contribution is 0.364. The minimum atomic E-state index is -9.60. The normalized spacial score (nSPS) is 15.4. The van der Waals surface area contributed by atoms with Crippen LogP contribution in [0.25, 0.3) is 0 Å². The van der Waals surface area contributed by atoms with Crippen molar-refractivity contribution >= 4 is 15.9 Å². The zero-order valence-corrected chi connectivity index (χ0v) is 11.5. The van der Waals surface area contributed by atoms with E-state index in [9.17, 15) is 19.4 Å². The first-order chi connectivity index (χ1) is 7.81. The zero-order valence-electron chi connectivity index (χ0n) is 10.7. The summed E-state index contributed by atoms with van der Waals surface area (Å²) in [4.78, 5) is -1.94. The number of halogens is 5. The lowest BCUT2D eigenvalue weighted by atomic mass is 10.0. The van der Waals surface area contributed by atoms with Crippen LogP contribution in [-0.2, 0) is 0 Å². The molecule has 0 saturated carbocycles. The van der Waals surface area contributed by atoms with E-state index in [0.29, 0.717) is 17.7 Å².